The van der Waals surface area contributed by atoms with Gasteiger partial charge in [0.1, 0.15) is 12.7 Å². The number of rotatable bonds is 5. The molecule has 1 heterocycles. The molecule has 21 heavy (non-hydrogen) atoms. The summed E-state index contributed by atoms with van der Waals surface area (Å²) in [5.41, 5.74) is 1.60. The largest absolute Gasteiger partial charge is 0.376 e. The van der Waals surface area contributed by atoms with E-state index in [0.29, 0.717) is 17.3 Å². The molecular weight excluding hydrogens is 290 g/mol. The van der Waals surface area contributed by atoms with E-state index in [2.05, 4.69) is 15.4 Å². The summed E-state index contributed by atoms with van der Waals surface area (Å²) in [5, 5.41) is 7.50. The first-order valence-corrected chi connectivity index (χ1v) is 6.95. The first-order chi connectivity index (χ1) is 9.97. The molecule has 2 aromatic rings. The predicted molar refractivity (Wildman–Crippen MR) is 83.6 cm³/mol. The van der Waals surface area contributed by atoms with Crippen LogP contribution in [0, 0.1) is 5.92 Å². The Morgan fingerprint density at radius 1 is 1.48 bits per heavy atom. The van der Waals surface area contributed by atoms with Gasteiger partial charge in [-0.15, -0.1) is 0 Å². The fraction of sp³-hybridized carbons (Fsp3) is 0.357. The molecule has 1 amide bonds. The number of aromatic nitrogens is 3. The molecule has 0 radical (unpaired) electrons. The van der Waals surface area contributed by atoms with Crippen LogP contribution < -0.4 is 10.2 Å². The second-order valence-electron chi connectivity index (χ2n) is 5.06. The molecule has 0 aliphatic rings. The molecule has 1 unspecified atom stereocenters. The highest BCUT2D eigenvalue weighted by molar-refractivity contribution is 6.31. The molecule has 0 saturated carbocycles. The fourth-order valence-electron chi connectivity index (χ4n) is 1.94. The molecule has 112 valence electrons. The zero-order valence-electron chi connectivity index (χ0n) is 12.2. The smallest absolute Gasteiger partial charge is 0.229 e. The molecule has 0 fully saturated rings. The lowest BCUT2D eigenvalue weighted by Gasteiger charge is -2.19. The van der Waals surface area contributed by atoms with Gasteiger partial charge in [-0.1, -0.05) is 18.5 Å². The molecule has 1 aromatic carbocycles. The Hall–Kier alpha value is -2.08. The third-order valence-corrected chi connectivity index (χ3v) is 3.31. The van der Waals surface area contributed by atoms with Gasteiger partial charge in [-0.25, -0.2) is 4.98 Å². The monoisotopic (exact) mass is 307 g/mol. The van der Waals surface area contributed by atoms with Crippen LogP contribution in [0.4, 0.5) is 11.4 Å². The van der Waals surface area contributed by atoms with Crippen LogP contribution in [0.25, 0.3) is 0 Å². The van der Waals surface area contributed by atoms with Crippen molar-refractivity contribution in [1.82, 2.24) is 14.8 Å². The summed E-state index contributed by atoms with van der Waals surface area (Å²) < 4.78 is 1.63. The van der Waals surface area contributed by atoms with E-state index in [9.17, 15) is 4.79 Å². The molecule has 0 saturated heterocycles. The maximum Gasteiger partial charge on any atom is 0.229 e. The first-order valence-electron chi connectivity index (χ1n) is 6.57. The van der Waals surface area contributed by atoms with Gasteiger partial charge in [0.15, 0.2) is 0 Å². The van der Waals surface area contributed by atoms with Crippen LogP contribution in [0.2, 0.25) is 5.02 Å². The molecule has 1 atom stereocenters. The Kier molecular flexibility index (Phi) is 4.80. The number of carbonyl (C=O) groups excluding carboxylic acids is 1. The van der Waals surface area contributed by atoms with Crippen molar-refractivity contribution in [3.63, 3.8) is 0 Å². The van der Waals surface area contributed by atoms with E-state index in [4.69, 9.17) is 11.6 Å². The Balaban J connectivity index is 2.10. The summed E-state index contributed by atoms with van der Waals surface area (Å²) >= 11 is 6.01. The summed E-state index contributed by atoms with van der Waals surface area (Å²) in [6.07, 6.45) is 3.04. The third kappa shape index (κ3) is 3.95. The van der Waals surface area contributed by atoms with Crippen LogP contribution in [0.1, 0.15) is 6.92 Å². The van der Waals surface area contributed by atoms with Gasteiger partial charge in [0.2, 0.25) is 5.91 Å². The highest BCUT2D eigenvalue weighted by Crippen LogP contribution is 2.28. The fourth-order valence-corrected chi connectivity index (χ4v) is 2.12. The molecular formula is C14H18ClN5O. The lowest BCUT2D eigenvalue weighted by Crippen LogP contribution is -2.25. The van der Waals surface area contributed by atoms with Gasteiger partial charge < -0.3 is 10.2 Å². The SMILES string of the molecule is CC(Cn1cncn1)C(=O)Nc1cc(Cl)ccc1N(C)C. The molecule has 7 heteroatoms. The average Bonchev–Trinajstić information content (AvgIpc) is 2.91. The van der Waals surface area contributed by atoms with Crippen LogP contribution in [0.5, 0.6) is 0 Å². The molecule has 0 bridgehead atoms. The minimum atomic E-state index is -0.235. The number of carbonyl (C=O) groups is 1. The van der Waals surface area contributed by atoms with Crippen LogP contribution in [-0.4, -0.2) is 34.8 Å². The van der Waals surface area contributed by atoms with Crippen LogP contribution in [-0.2, 0) is 11.3 Å². The van der Waals surface area contributed by atoms with Crippen molar-refractivity contribution in [1.29, 1.82) is 0 Å². The third-order valence-electron chi connectivity index (χ3n) is 3.07. The lowest BCUT2D eigenvalue weighted by molar-refractivity contribution is -0.119. The van der Waals surface area contributed by atoms with E-state index in [1.54, 1.807) is 23.1 Å². The molecule has 6 nitrogen and oxygen atoms in total. The maximum atomic E-state index is 12.3. The predicted octanol–water partition coefficient (Wildman–Crippen LogP) is 2.27. The zero-order chi connectivity index (χ0) is 15.4. The van der Waals surface area contributed by atoms with Crippen molar-refractivity contribution in [3.8, 4) is 0 Å². The molecule has 0 spiro atoms. The van der Waals surface area contributed by atoms with E-state index in [1.807, 2.05) is 32.0 Å². The summed E-state index contributed by atoms with van der Waals surface area (Å²) in [6.45, 7) is 2.32. The number of anilines is 2. The minimum Gasteiger partial charge on any atom is -0.376 e. The van der Waals surface area contributed by atoms with Gasteiger partial charge in [0.05, 0.1) is 23.8 Å². The normalized spacial score (nSPS) is 12.0. The highest BCUT2D eigenvalue weighted by Gasteiger charge is 2.16. The number of hydrogen-bond acceptors (Lipinski definition) is 4. The van der Waals surface area contributed by atoms with Gasteiger partial charge in [0.25, 0.3) is 0 Å². The van der Waals surface area contributed by atoms with Crippen molar-refractivity contribution in [3.05, 3.63) is 35.9 Å². The van der Waals surface area contributed by atoms with E-state index in [1.165, 1.54) is 6.33 Å². The Morgan fingerprint density at radius 3 is 2.86 bits per heavy atom. The van der Waals surface area contributed by atoms with E-state index in [0.717, 1.165) is 5.69 Å². The molecule has 1 aromatic heterocycles. The summed E-state index contributed by atoms with van der Waals surface area (Å²) in [5.74, 6) is -0.323. The highest BCUT2D eigenvalue weighted by atomic mass is 35.5. The van der Waals surface area contributed by atoms with Gasteiger partial charge in [-0.05, 0) is 18.2 Å². The molecule has 2 rings (SSSR count). The summed E-state index contributed by atoms with van der Waals surface area (Å²) in [7, 11) is 3.83. The van der Waals surface area contributed by atoms with E-state index >= 15 is 0 Å². The van der Waals surface area contributed by atoms with Crippen LogP contribution in [0.3, 0.4) is 0 Å². The van der Waals surface area contributed by atoms with Crippen molar-refractivity contribution in [2.45, 2.75) is 13.5 Å². The summed E-state index contributed by atoms with van der Waals surface area (Å²) in [6, 6.07) is 5.42. The van der Waals surface area contributed by atoms with Gasteiger partial charge in [-0.2, -0.15) is 5.10 Å². The van der Waals surface area contributed by atoms with Gasteiger partial charge in [-0.3, -0.25) is 9.48 Å². The van der Waals surface area contributed by atoms with Crippen LogP contribution >= 0.6 is 11.6 Å². The number of nitrogens with one attached hydrogen (secondary N) is 1. The number of halogens is 1. The number of amides is 1. The van der Waals surface area contributed by atoms with Crippen LogP contribution in [0.15, 0.2) is 30.9 Å². The standard InChI is InChI=1S/C14H18ClN5O/c1-10(7-20-9-16-8-17-20)14(21)18-12-6-11(15)4-5-13(12)19(2)3/h4-6,8-10H,7H2,1-3H3,(H,18,21). The van der Waals surface area contributed by atoms with Crippen molar-refractivity contribution >= 4 is 28.9 Å². The average molecular weight is 308 g/mol. The van der Waals surface area contributed by atoms with Crippen molar-refractivity contribution in [2.75, 3.05) is 24.3 Å². The first kappa shape index (κ1) is 15.3. The molecule has 1 N–H and O–H groups in total. The van der Waals surface area contributed by atoms with Gasteiger partial charge >= 0.3 is 0 Å². The quantitative estimate of drug-likeness (QED) is 0.920. The number of benzene rings is 1. The zero-order valence-corrected chi connectivity index (χ0v) is 13.0. The Morgan fingerprint density at radius 2 is 2.24 bits per heavy atom. The van der Waals surface area contributed by atoms with E-state index < -0.39 is 0 Å². The topological polar surface area (TPSA) is 63.1 Å². The second kappa shape index (κ2) is 6.58. The number of hydrogen-bond donors (Lipinski definition) is 1. The maximum absolute atomic E-state index is 12.3. The second-order valence-corrected chi connectivity index (χ2v) is 5.50. The Labute approximate surface area is 128 Å². The van der Waals surface area contributed by atoms with E-state index in [-0.39, 0.29) is 11.8 Å². The Bertz CT molecular complexity index is 612. The van der Waals surface area contributed by atoms with Crippen molar-refractivity contribution < 1.29 is 4.79 Å². The lowest BCUT2D eigenvalue weighted by atomic mass is 10.1. The molecule has 0 aliphatic heterocycles. The number of nitrogens with zero attached hydrogens (tertiary/aromatic N) is 4. The molecule has 0 aliphatic carbocycles. The van der Waals surface area contributed by atoms with Gasteiger partial charge in [0, 0.05) is 19.1 Å². The minimum absolute atomic E-state index is 0.0872. The summed E-state index contributed by atoms with van der Waals surface area (Å²) in [4.78, 5) is 18.1. The van der Waals surface area contributed by atoms with Crippen molar-refractivity contribution in [2.24, 2.45) is 5.92 Å².